The number of nitrogens with one attached hydrogen (secondary N) is 2. The van der Waals surface area contributed by atoms with Gasteiger partial charge in [-0.25, -0.2) is 0 Å². The van der Waals surface area contributed by atoms with Crippen LogP contribution in [-0.4, -0.2) is 47.4 Å². The third-order valence-corrected chi connectivity index (χ3v) is 10.6. The van der Waals surface area contributed by atoms with Crippen molar-refractivity contribution in [3.05, 3.63) is 11.6 Å². The molecule has 36 heavy (non-hydrogen) atoms. The smallest absolute Gasteiger partial charge is 0.261 e. The molecule has 1 heterocycles. The van der Waals surface area contributed by atoms with Crippen molar-refractivity contribution in [2.75, 3.05) is 13.2 Å². The van der Waals surface area contributed by atoms with Crippen LogP contribution in [0.4, 0.5) is 0 Å². The Morgan fingerprint density at radius 3 is 2.81 bits per heavy atom. The van der Waals surface area contributed by atoms with Gasteiger partial charge in [0.15, 0.2) is 6.61 Å². The third-order valence-electron chi connectivity index (χ3n) is 10.6. The van der Waals surface area contributed by atoms with E-state index in [1.807, 2.05) is 0 Å². The molecular weight excluding hydrogens is 454 g/mol. The van der Waals surface area contributed by atoms with Gasteiger partial charge in [-0.1, -0.05) is 30.5 Å². The summed E-state index contributed by atoms with van der Waals surface area (Å²) >= 11 is 0. The van der Waals surface area contributed by atoms with Crippen LogP contribution in [0.5, 0.6) is 0 Å². The van der Waals surface area contributed by atoms with E-state index < -0.39 is 11.6 Å². The number of rotatable bonds is 4. The maximum atomic E-state index is 12.3. The molecule has 4 aliphatic carbocycles. The van der Waals surface area contributed by atoms with E-state index in [0.717, 1.165) is 69.9 Å². The number of allylic oxidation sites excluding steroid dienone is 2. The molecule has 2 amide bonds. The predicted molar refractivity (Wildman–Crippen MR) is 138 cm³/mol. The van der Waals surface area contributed by atoms with E-state index in [0.29, 0.717) is 30.7 Å². The topological polar surface area (TPSA) is 100 Å². The normalized spacial score (nSPS) is 43.1. The van der Waals surface area contributed by atoms with Crippen molar-refractivity contribution >= 4 is 17.5 Å². The molecule has 5 rings (SSSR count). The Hall–Kier alpha value is -2.33. The highest BCUT2D eigenvalue weighted by Gasteiger charge is 2.63. The van der Waals surface area contributed by atoms with Gasteiger partial charge in [-0.05, 0) is 99.9 Å². The molecule has 0 spiro atoms. The summed E-state index contributed by atoms with van der Waals surface area (Å²) in [6.45, 7) is 5.13. The van der Waals surface area contributed by atoms with Crippen molar-refractivity contribution in [2.24, 2.45) is 33.7 Å². The SMILES string of the molecule is C#C[C@@]1(O)CC[C@@H]2[C@H]3CCC4=CC(=NOCC(=O)N[C@@H]5CCCCNC5=O)CC[C@]4(C)[C@@H]3CC[C@@]21C. The van der Waals surface area contributed by atoms with E-state index in [1.165, 1.54) is 5.57 Å². The standard InChI is InChI=1S/C29H41N3O4/c1-4-29(35)15-12-23-21-9-8-19-17-20(10-13-27(19,2)22(21)11-14-28(23,29)3)32-36-18-25(33)31-24-7-5-6-16-30-26(24)34/h1,17,21-24,35H,5-16,18H2,2-3H3,(H,30,34)(H,31,33)/t21-,22+,23+,24+,27-,28-,29+/m0/s1. The molecule has 0 radical (unpaired) electrons. The molecular formula is C29H41N3O4. The third kappa shape index (κ3) is 4.16. The van der Waals surface area contributed by atoms with Gasteiger partial charge in [0.1, 0.15) is 11.6 Å². The molecule has 0 unspecified atom stereocenters. The summed E-state index contributed by atoms with van der Waals surface area (Å²) in [4.78, 5) is 29.8. The molecule has 3 N–H and O–H groups in total. The van der Waals surface area contributed by atoms with Gasteiger partial charge in [0, 0.05) is 12.0 Å². The Labute approximate surface area is 214 Å². The zero-order chi connectivity index (χ0) is 25.6. The summed E-state index contributed by atoms with van der Waals surface area (Å²) in [6.07, 6.45) is 18.4. The molecule has 7 nitrogen and oxygen atoms in total. The Morgan fingerprint density at radius 1 is 1.19 bits per heavy atom. The van der Waals surface area contributed by atoms with E-state index >= 15 is 0 Å². The van der Waals surface area contributed by atoms with Gasteiger partial charge in [-0.2, -0.15) is 0 Å². The average Bonchev–Trinajstić information content (AvgIpc) is 2.98. The summed E-state index contributed by atoms with van der Waals surface area (Å²) in [7, 11) is 0. The van der Waals surface area contributed by atoms with E-state index in [2.05, 4.69) is 41.6 Å². The largest absolute Gasteiger partial charge is 0.385 e. The molecule has 1 aliphatic heterocycles. The molecule has 0 aromatic heterocycles. The highest BCUT2D eigenvalue weighted by atomic mass is 16.6. The van der Waals surface area contributed by atoms with Crippen molar-refractivity contribution in [1.82, 2.24) is 10.6 Å². The van der Waals surface area contributed by atoms with Crippen LogP contribution >= 0.6 is 0 Å². The predicted octanol–water partition coefficient (Wildman–Crippen LogP) is 3.47. The fourth-order valence-electron chi connectivity index (χ4n) is 8.38. The first-order valence-corrected chi connectivity index (χ1v) is 13.9. The van der Waals surface area contributed by atoms with E-state index in [1.54, 1.807) is 0 Å². The van der Waals surface area contributed by atoms with Crippen LogP contribution in [0.1, 0.15) is 84.5 Å². The van der Waals surface area contributed by atoms with Gasteiger partial charge in [-0.15, -0.1) is 6.42 Å². The summed E-state index contributed by atoms with van der Waals surface area (Å²) in [5.74, 6) is 4.03. The fourth-order valence-corrected chi connectivity index (χ4v) is 8.38. The second kappa shape index (κ2) is 9.52. The number of terminal acetylenes is 1. The molecule has 7 atom stereocenters. The Balaban J connectivity index is 1.21. The lowest BCUT2D eigenvalue weighted by molar-refractivity contribution is -0.131. The van der Waals surface area contributed by atoms with Crippen molar-refractivity contribution in [3.63, 3.8) is 0 Å². The minimum absolute atomic E-state index is 0.122. The fraction of sp³-hybridized carbons (Fsp3) is 0.759. The van der Waals surface area contributed by atoms with Crippen LogP contribution in [0.15, 0.2) is 16.8 Å². The lowest BCUT2D eigenvalue weighted by atomic mass is 9.46. The van der Waals surface area contributed by atoms with Gasteiger partial charge in [-0.3, -0.25) is 9.59 Å². The van der Waals surface area contributed by atoms with Gasteiger partial charge >= 0.3 is 0 Å². The van der Waals surface area contributed by atoms with Crippen molar-refractivity contribution in [2.45, 2.75) is 96.1 Å². The zero-order valence-corrected chi connectivity index (χ0v) is 21.8. The lowest BCUT2D eigenvalue weighted by Crippen LogP contribution is -2.54. The summed E-state index contributed by atoms with van der Waals surface area (Å²) < 4.78 is 0. The molecule has 0 aromatic rings. The molecule has 3 saturated carbocycles. The number of aliphatic hydroxyl groups is 1. The number of oxime groups is 1. The number of nitrogens with zero attached hydrogens (tertiary/aromatic N) is 1. The first-order chi connectivity index (χ1) is 17.2. The number of hydrogen-bond donors (Lipinski definition) is 3. The van der Waals surface area contributed by atoms with E-state index in [9.17, 15) is 14.7 Å². The van der Waals surface area contributed by atoms with Crippen LogP contribution < -0.4 is 10.6 Å². The number of carbonyl (C=O) groups is 2. The second-order valence-electron chi connectivity index (χ2n) is 12.3. The number of hydrogen-bond acceptors (Lipinski definition) is 5. The minimum Gasteiger partial charge on any atom is -0.385 e. The van der Waals surface area contributed by atoms with Crippen LogP contribution in [0, 0.1) is 40.9 Å². The number of fused-ring (bicyclic) bond motifs is 5. The van der Waals surface area contributed by atoms with E-state index in [-0.39, 0.29) is 29.3 Å². The first kappa shape index (κ1) is 25.3. The Bertz CT molecular complexity index is 1010. The molecule has 4 fully saturated rings. The van der Waals surface area contributed by atoms with Crippen LogP contribution in [-0.2, 0) is 14.4 Å². The maximum absolute atomic E-state index is 12.3. The van der Waals surface area contributed by atoms with Crippen LogP contribution in [0.3, 0.4) is 0 Å². The van der Waals surface area contributed by atoms with Crippen LogP contribution in [0.25, 0.3) is 0 Å². The molecule has 196 valence electrons. The van der Waals surface area contributed by atoms with Crippen LogP contribution in [0.2, 0.25) is 0 Å². The average molecular weight is 496 g/mol. The van der Waals surface area contributed by atoms with Crippen molar-refractivity contribution in [3.8, 4) is 12.3 Å². The molecule has 1 saturated heterocycles. The van der Waals surface area contributed by atoms with Gasteiger partial charge < -0.3 is 20.6 Å². The molecule has 5 aliphatic rings. The highest BCUT2D eigenvalue weighted by Crippen LogP contribution is 2.67. The number of carbonyl (C=O) groups excluding carboxylic acids is 2. The number of amides is 2. The highest BCUT2D eigenvalue weighted by molar-refractivity contribution is 5.96. The summed E-state index contributed by atoms with van der Waals surface area (Å²) in [5.41, 5.74) is 1.35. The molecule has 7 heteroatoms. The van der Waals surface area contributed by atoms with Crippen molar-refractivity contribution in [1.29, 1.82) is 0 Å². The molecule has 0 bridgehead atoms. The van der Waals surface area contributed by atoms with E-state index in [4.69, 9.17) is 11.3 Å². The van der Waals surface area contributed by atoms with Gasteiger partial charge in [0.25, 0.3) is 5.91 Å². The Kier molecular flexibility index (Phi) is 6.70. The van der Waals surface area contributed by atoms with Gasteiger partial charge in [0.05, 0.1) is 5.71 Å². The van der Waals surface area contributed by atoms with Gasteiger partial charge in [0.2, 0.25) is 5.91 Å². The molecule has 0 aromatic carbocycles. The van der Waals surface area contributed by atoms with Crippen molar-refractivity contribution < 1.29 is 19.5 Å². The lowest BCUT2D eigenvalue weighted by Gasteiger charge is -2.58. The monoisotopic (exact) mass is 495 g/mol. The summed E-state index contributed by atoms with van der Waals surface area (Å²) in [5, 5.41) is 21.1. The minimum atomic E-state index is -0.963. The quantitative estimate of drug-likeness (QED) is 0.411. The zero-order valence-electron chi connectivity index (χ0n) is 21.8. The first-order valence-electron chi connectivity index (χ1n) is 13.9. The summed E-state index contributed by atoms with van der Waals surface area (Å²) in [6, 6.07) is -0.488. The maximum Gasteiger partial charge on any atom is 0.261 e. The second-order valence-corrected chi connectivity index (χ2v) is 12.3. The Morgan fingerprint density at radius 2 is 2.00 bits per heavy atom.